The Morgan fingerprint density at radius 3 is 2.20 bits per heavy atom. The molecule has 0 unspecified atom stereocenters. The van der Waals surface area contributed by atoms with Crippen molar-refractivity contribution >= 4 is 11.7 Å². The van der Waals surface area contributed by atoms with Gasteiger partial charge in [0.2, 0.25) is 0 Å². The van der Waals surface area contributed by atoms with E-state index in [0.29, 0.717) is 17.7 Å². The third kappa shape index (κ3) is 5.45. The number of hydrogen-bond acceptors (Lipinski definition) is 3. The van der Waals surface area contributed by atoms with Gasteiger partial charge in [-0.2, -0.15) is 0 Å². The average Bonchev–Trinajstić information content (AvgIpc) is 2.65. The molecule has 2 rings (SSSR count). The molecule has 4 heteroatoms. The van der Waals surface area contributed by atoms with Crippen LogP contribution in [0.5, 0.6) is 5.75 Å². The van der Waals surface area contributed by atoms with Gasteiger partial charge in [0.15, 0.2) is 12.4 Å². The van der Waals surface area contributed by atoms with Crippen molar-refractivity contribution in [2.45, 2.75) is 39.7 Å². The van der Waals surface area contributed by atoms with Crippen molar-refractivity contribution in [1.82, 2.24) is 5.32 Å². The van der Waals surface area contributed by atoms with E-state index in [2.05, 4.69) is 5.32 Å². The van der Waals surface area contributed by atoms with Crippen LogP contribution in [-0.4, -0.2) is 18.3 Å². The summed E-state index contributed by atoms with van der Waals surface area (Å²) in [6.45, 7) is 5.85. The summed E-state index contributed by atoms with van der Waals surface area (Å²) in [5.74, 6) is 0.500. The van der Waals surface area contributed by atoms with Gasteiger partial charge in [-0.25, -0.2) is 0 Å². The fourth-order valence-electron chi connectivity index (χ4n) is 2.55. The van der Waals surface area contributed by atoms with E-state index in [4.69, 9.17) is 4.74 Å². The molecule has 2 aromatic carbocycles. The molecule has 0 heterocycles. The lowest BCUT2D eigenvalue weighted by molar-refractivity contribution is -0.123. The normalized spacial score (nSPS) is 11.6. The molecule has 1 N–H and O–H groups in total. The summed E-state index contributed by atoms with van der Waals surface area (Å²) in [6, 6.07) is 15.0. The molecule has 0 aromatic heterocycles. The third-order valence-corrected chi connectivity index (χ3v) is 4.09. The number of rotatable bonds is 8. The Morgan fingerprint density at radius 2 is 1.64 bits per heavy atom. The van der Waals surface area contributed by atoms with Crippen molar-refractivity contribution in [3.05, 3.63) is 65.2 Å². The summed E-state index contributed by atoms with van der Waals surface area (Å²) < 4.78 is 5.51. The highest BCUT2D eigenvalue weighted by atomic mass is 16.5. The van der Waals surface area contributed by atoms with Crippen molar-refractivity contribution in [1.29, 1.82) is 0 Å². The highest BCUT2D eigenvalue weighted by molar-refractivity contribution is 5.95. The Bertz CT molecular complexity index is 705. The van der Waals surface area contributed by atoms with Crippen LogP contribution in [0.4, 0.5) is 0 Å². The molecule has 4 nitrogen and oxygen atoms in total. The van der Waals surface area contributed by atoms with Crippen molar-refractivity contribution in [3.8, 4) is 5.75 Å². The molecule has 0 aliphatic carbocycles. The number of Topliss-reactive ketones (excluding diaryl/α,β-unsaturated/α-hetero) is 1. The Balaban J connectivity index is 1.88. The topological polar surface area (TPSA) is 55.4 Å². The third-order valence-electron chi connectivity index (χ3n) is 4.09. The average molecular weight is 339 g/mol. The van der Waals surface area contributed by atoms with Gasteiger partial charge < -0.3 is 10.1 Å². The monoisotopic (exact) mass is 339 g/mol. The van der Waals surface area contributed by atoms with E-state index in [1.807, 2.05) is 45.0 Å². The van der Waals surface area contributed by atoms with Gasteiger partial charge in [-0.05, 0) is 43.2 Å². The number of carbonyl (C=O) groups excluding carboxylic acids is 2. The first-order valence-electron chi connectivity index (χ1n) is 8.65. The molecule has 132 valence electrons. The summed E-state index contributed by atoms with van der Waals surface area (Å²) in [5.41, 5.74) is 2.94. The number of benzene rings is 2. The van der Waals surface area contributed by atoms with Crippen LogP contribution in [0.1, 0.15) is 54.2 Å². The number of nitrogens with one attached hydrogen (secondary N) is 1. The standard InChI is InChI=1S/C21H25NO3/c1-4-19(16-8-6-15(3)7-9-16)22-21(24)14-25-18-12-10-17(11-13-18)20(23)5-2/h6-13,19H,4-5,14H2,1-3H3,(H,22,24)/t19-/m1/s1. The predicted molar refractivity (Wildman–Crippen MR) is 98.9 cm³/mol. The summed E-state index contributed by atoms with van der Waals surface area (Å²) >= 11 is 0. The smallest absolute Gasteiger partial charge is 0.258 e. The summed E-state index contributed by atoms with van der Waals surface area (Å²) in [5, 5.41) is 2.99. The lowest BCUT2D eigenvalue weighted by Gasteiger charge is -2.18. The molecule has 0 fully saturated rings. The van der Waals surface area contributed by atoms with Gasteiger partial charge in [0.25, 0.3) is 5.91 Å². The van der Waals surface area contributed by atoms with Crippen LogP contribution in [0.25, 0.3) is 0 Å². The van der Waals surface area contributed by atoms with Crippen molar-refractivity contribution in [3.63, 3.8) is 0 Å². The van der Waals surface area contributed by atoms with Crippen LogP contribution in [0.2, 0.25) is 0 Å². The van der Waals surface area contributed by atoms with Gasteiger partial charge in [0, 0.05) is 12.0 Å². The Morgan fingerprint density at radius 1 is 1.00 bits per heavy atom. The van der Waals surface area contributed by atoms with Crippen molar-refractivity contribution < 1.29 is 14.3 Å². The van der Waals surface area contributed by atoms with E-state index in [1.54, 1.807) is 24.3 Å². The van der Waals surface area contributed by atoms with Gasteiger partial charge in [-0.1, -0.05) is 43.7 Å². The molecular weight excluding hydrogens is 314 g/mol. The molecular formula is C21H25NO3. The molecule has 0 radical (unpaired) electrons. The van der Waals surface area contributed by atoms with E-state index >= 15 is 0 Å². The summed E-state index contributed by atoms with van der Waals surface area (Å²) in [4.78, 5) is 23.8. The maximum atomic E-state index is 12.2. The lowest BCUT2D eigenvalue weighted by Crippen LogP contribution is -2.32. The first kappa shape index (κ1) is 18.7. The van der Waals surface area contributed by atoms with Crippen molar-refractivity contribution in [2.75, 3.05) is 6.61 Å². The van der Waals surface area contributed by atoms with Crippen LogP contribution in [0.3, 0.4) is 0 Å². The second-order valence-corrected chi connectivity index (χ2v) is 6.03. The molecule has 0 bridgehead atoms. The number of carbonyl (C=O) groups is 2. The molecule has 25 heavy (non-hydrogen) atoms. The van der Waals surface area contributed by atoms with Crippen LogP contribution in [-0.2, 0) is 4.79 Å². The second kappa shape index (κ2) is 9.02. The largest absolute Gasteiger partial charge is 0.484 e. The zero-order chi connectivity index (χ0) is 18.2. The second-order valence-electron chi connectivity index (χ2n) is 6.03. The summed E-state index contributed by atoms with van der Waals surface area (Å²) in [7, 11) is 0. The number of hydrogen-bond donors (Lipinski definition) is 1. The number of ether oxygens (including phenoxy) is 1. The van der Waals surface area contributed by atoms with Gasteiger partial charge in [0.05, 0.1) is 6.04 Å². The van der Waals surface area contributed by atoms with E-state index in [1.165, 1.54) is 5.56 Å². The molecule has 0 aliphatic heterocycles. The fourth-order valence-corrected chi connectivity index (χ4v) is 2.55. The molecule has 1 atom stereocenters. The molecule has 0 spiro atoms. The zero-order valence-electron chi connectivity index (χ0n) is 15.0. The molecule has 0 saturated heterocycles. The molecule has 1 amide bonds. The number of amides is 1. The minimum atomic E-state index is -0.166. The highest BCUT2D eigenvalue weighted by Crippen LogP contribution is 2.17. The first-order chi connectivity index (χ1) is 12.0. The van der Waals surface area contributed by atoms with Crippen molar-refractivity contribution in [2.24, 2.45) is 0 Å². The van der Waals surface area contributed by atoms with Crippen LogP contribution >= 0.6 is 0 Å². The quantitative estimate of drug-likeness (QED) is 0.732. The zero-order valence-corrected chi connectivity index (χ0v) is 15.0. The van der Waals surface area contributed by atoms with E-state index in [0.717, 1.165) is 12.0 Å². The molecule has 0 aliphatic rings. The van der Waals surface area contributed by atoms with E-state index in [-0.39, 0.29) is 24.3 Å². The highest BCUT2D eigenvalue weighted by Gasteiger charge is 2.13. The maximum absolute atomic E-state index is 12.2. The van der Waals surface area contributed by atoms with Gasteiger partial charge in [0.1, 0.15) is 5.75 Å². The van der Waals surface area contributed by atoms with Crippen LogP contribution < -0.4 is 10.1 Å². The minimum Gasteiger partial charge on any atom is -0.484 e. The van der Waals surface area contributed by atoms with Gasteiger partial charge in [-0.3, -0.25) is 9.59 Å². The Hall–Kier alpha value is -2.62. The minimum absolute atomic E-state index is 0.0266. The number of aryl methyl sites for hydroxylation is 1. The molecule has 0 saturated carbocycles. The van der Waals surface area contributed by atoms with Crippen LogP contribution in [0.15, 0.2) is 48.5 Å². The Kier molecular flexibility index (Phi) is 6.75. The lowest BCUT2D eigenvalue weighted by atomic mass is 10.0. The SMILES string of the molecule is CCC(=O)c1ccc(OCC(=O)N[C@H](CC)c2ccc(C)cc2)cc1. The Labute approximate surface area is 149 Å². The fraction of sp³-hybridized carbons (Fsp3) is 0.333. The summed E-state index contributed by atoms with van der Waals surface area (Å²) in [6.07, 6.45) is 1.28. The van der Waals surface area contributed by atoms with Crippen LogP contribution in [0, 0.1) is 6.92 Å². The van der Waals surface area contributed by atoms with E-state index in [9.17, 15) is 9.59 Å². The first-order valence-corrected chi connectivity index (χ1v) is 8.65. The van der Waals surface area contributed by atoms with E-state index < -0.39 is 0 Å². The molecule has 2 aromatic rings. The predicted octanol–water partition coefficient (Wildman–Crippen LogP) is 4.23. The van der Waals surface area contributed by atoms with Gasteiger partial charge in [-0.15, -0.1) is 0 Å². The maximum Gasteiger partial charge on any atom is 0.258 e. The van der Waals surface area contributed by atoms with Gasteiger partial charge >= 0.3 is 0 Å². The number of ketones is 1.